The van der Waals surface area contributed by atoms with Gasteiger partial charge >= 0.3 is 0 Å². The molecule has 5 heteroatoms. The maximum absolute atomic E-state index is 13.4. The zero-order chi connectivity index (χ0) is 10.1. The first-order chi connectivity index (χ1) is 6.66. The van der Waals surface area contributed by atoms with Crippen LogP contribution in [0.25, 0.3) is 0 Å². The molecule has 1 saturated heterocycles. The van der Waals surface area contributed by atoms with Crippen molar-refractivity contribution >= 4 is 0 Å². The van der Waals surface area contributed by atoms with Gasteiger partial charge in [0, 0.05) is 11.6 Å². The minimum Gasteiger partial charge on any atom is -0.508 e. The molecule has 1 aliphatic rings. The minimum absolute atomic E-state index is 0.0681. The first kappa shape index (κ1) is 9.39. The second-order valence-electron chi connectivity index (χ2n) is 3.39. The summed E-state index contributed by atoms with van der Waals surface area (Å²) >= 11 is 0. The van der Waals surface area contributed by atoms with Gasteiger partial charge in [0.25, 0.3) is 0 Å². The molecule has 0 radical (unpaired) electrons. The minimum atomic E-state index is -0.418. The second-order valence-corrected chi connectivity index (χ2v) is 3.39. The van der Waals surface area contributed by atoms with Crippen molar-refractivity contribution in [1.29, 1.82) is 0 Å². The number of hydrazine groups is 1. The lowest BCUT2D eigenvalue weighted by Crippen LogP contribution is -2.36. The Bertz CT molecular complexity index is 345. The number of phenolic OH excluding ortho intramolecular Hbond substituents is 1. The molecule has 14 heavy (non-hydrogen) atoms. The molecule has 0 bridgehead atoms. The van der Waals surface area contributed by atoms with Crippen molar-refractivity contribution in [2.45, 2.75) is 18.6 Å². The van der Waals surface area contributed by atoms with E-state index in [1.165, 1.54) is 6.07 Å². The van der Waals surface area contributed by atoms with Gasteiger partial charge < -0.3 is 10.8 Å². The van der Waals surface area contributed by atoms with Crippen LogP contribution >= 0.6 is 0 Å². The molecule has 2 atom stereocenters. The number of nitrogens with one attached hydrogen (secondary N) is 2. The third-order valence-electron chi connectivity index (χ3n) is 2.29. The van der Waals surface area contributed by atoms with Gasteiger partial charge in [0.1, 0.15) is 11.6 Å². The molecule has 1 fully saturated rings. The number of hydrogen-bond donors (Lipinski definition) is 4. The normalized spacial score (nSPS) is 26.7. The highest BCUT2D eigenvalue weighted by Crippen LogP contribution is 2.25. The predicted octanol–water partition coefficient (Wildman–Crippen LogP) is 0.355. The van der Waals surface area contributed by atoms with Crippen LogP contribution in [0.2, 0.25) is 0 Å². The molecule has 0 aromatic heterocycles. The Labute approximate surface area is 80.9 Å². The van der Waals surface area contributed by atoms with Crippen LogP contribution in [-0.2, 0) is 0 Å². The molecule has 1 heterocycles. The Balaban J connectivity index is 2.24. The average molecular weight is 197 g/mol. The number of benzene rings is 1. The maximum Gasteiger partial charge on any atom is 0.131 e. The summed E-state index contributed by atoms with van der Waals surface area (Å²) in [5.74, 6) is -0.486. The molecule has 1 aliphatic heterocycles. The maximum atomic E-state index is 13.4. The zero-order valence-electron chi connectivity index (χ0n) is 7.50. The molecule has 5 N–H and O–H groups in total. The Hall–Kier alpha value is -1.17. The zero-order valence-corrected chi connectivity index (χ0v) is 7.50. The van der Waals surface area contributed by atoms with Gasteiger partial charge in [0.15, 0.2) is 0 Å². The van der Waals surface area contributed by atoms with E-state index in [9.17, 15) is 4.39 Å². The van der Waals surface area contributed by atoms with Crippen LogP contribution in [0.15, 0.2) is 18.2 Å². The highest BCUT2D eigenvalue weighted by atomic mass is 19.1. The molecule has 4 nitrogen and oxygen atoms in total. The largest absolute Gasteiger partial charge is 0.508 e. The SMILES string of the molecule is NC1CC(c2ccc(O)cc2F)NN1. The standard InChI is InChI=1S/C9H12FN3O/c10-7-3-5(14)1-2-6(7)8-4-9(11)13-12-8/h1-3,8-9,12-14H,4,11H2. The third kappa shape index (κ3) is 1.70. The fourth-order valence-electron chi connectivity index (χ4n) is 1.58. The van der Waals surface area contributed by atoms with E-state index in [4.69, 9.17) is 10.8 Å². The van der Waals surface area contributed by atoms with Crippen LogP contribution in [0, 0.1) is 5.82 Å². The summed E-state index contributed by atoms with van der Waals surface area (Å²) in [5, 5.41) is 9.03. The van der Waals surface area contributed by atoms with E-state index in [-0.39, 0.29) is 18.0 Å². The smallest absolute Gasteiger partial charge is 0.131 e. The lowest BCUT2D eigenvalue weighted by atomic mass is 10.0. The van der Waals surface area contributed by atoms with Gasteiger partial charge in [-0.2, -0.15) is 0 Å². The molecule has 0 amide bonds. The molecule has 76 valence electrons. The van der Waals surface area contributed by atoms with Gasteiger partial charge in [0.2, 0.25) is 0 Å². The molecule has 1 aromatic rings. The lowest BCUT2D eigenvalue weighted by molar-refractivity contribution is 0.464. The topological polar surface area (TPSA) is 70.3 Å². The summed E-state index contributed by atoms with van der Waals surface area (Å²) in [7, 11) is 0. The molecular weight excluding hydrogens is 185 g/mol. The predicted molar refractivity (Wildman–Crippen MR) is 49.7 cm³/mol. The fraction of sp³-hybridized carbons (Fsp3) is 0.333. The average Bonchev–Trinajstić information content (AvgIpc) is 2.51. The van der Waals surface area contributed by atoms with Crippen molar-refractivity contribution in [3.63, 3.8) is 0 Å². The van der Waals surface area contributed by atoms with Crippen molar-refractivity contribution < 1.29 is 9.50 Å². The van der Waals surface area contributed by atoms with E-state index in [1.807, 2.05) is 0 Å². The van der Waals surface area contributed by atoms with Gasteiger partial charge in [-0.3, -0.25) is 0 Å². The van der Waals surface area contributed by atoms with Crippen LogP contribution in [0.1, 0.15) is 18.0 Å². The number of halogens is 1. The highest BCUT2D eigenvalue weighted by Gasteiger charge is 2.24. The summed E-state index contributed by atoms with van der Waals surface area (Å²) < 4.78 is 13.4. The second kappa shape index (κ2) is 3.53. The van der Waals surface area contributed by atoms with Crippen LogP contribution in [-0.4, -0.2) is 11.3 Å². The molecule has 2 rings (SSSR count). The van der Waals surface area contributed by atoms with Gasteiger partial charge in [-0.25, -0.2) is 15.2 Å². The first-order valence-corrected chi connectivity index (χ1v) is 4.42. The van der Waals surface area contributed by atoms with Crippen molar-refractivity contribution in [3.8, 4) is 5.75 Å². The summed E-state index contributed by atoms with van der Waals surface area (Å²) in [5.41, 5.74) is 11.8. The molecular formula is C9H12FN3O. The number of phenols is 1. The van der Waals surface area contributed by atoms with Gasteiger partial charge in [-0.15, -0.1) is 0 Å². The molecule has 0 spiro atoms. The van der Waals surface area contributed by atoms with Gasteiger partial charge in [-0.05, 0) is 12.5 Å². The number of nitrogens with two attached hydrogens (primary N) is 1. The van der Waals surface area contributed by atoms with Crippen LogP contribution in [0.4, 0.5) is 4.39 Å². The molecule has 0 saturated carbocycles. The van der Waals surface area contributed by atoms with E-state index >= 15 is 0 Å². The van der Waals surface area contributed by atoms with E-state index < -0.39 is 5.82 Å². The lowest BCUT2D eigenvalue weighted by Gasteiger charge is -2.10. The highest BCUT2D eigenvalue weighted by molar-refractivity contribution is 5.30. The van der Waals surface area contributed by atoms with Crippen LogP contribution in [0.5, 0.6) is 5.75 Å². The van der Waals surface area contributed by atoms with Crippen LogP contribution < -0.4 is 16.6 Å². The van der Waals surface area contributed by atoms with Gasteiger partial charge in [0.05, 0.1) is 12.2 Å². The summed E-state index contributed by atoms with van der Waals surface area (Å²) in [4.78, 5) is 0. The van der Waals surface area contributed by atoms with E-state index in [0.29, 0.717) is 12.0 Å². The van der Waals surface area contributed by atoms with Crippen LogP contribution in [0.3, 0.4) is 0 Å². The third-order valence-corrected chi connectivity index (χ3v) is 2.29. The molecule has 1 aromatic carbocycles. The summed E-state index contributed by atoms with van der Waals surface area (Å²) in [6.07, 6.45) is 0.468. The van der Waals surface area contributed by atoms with E-state index in [0.717, 1.165) is 6.07 Å². The van der Waals surface area contributed by atoms with Gasteiger partial charge in [-0.1, -0.05) is 6.07 Å². The van der Waals surface area contributed by atoms with Crippen molar-refractivity contribution in [2.75, 3.05) is 0 Å². The monoisotopic (exact) mass is 197 g/mol. The number of aromatic hydroxyl groups is 1. The summed E-state index contributed by atoms with van der Waals surface area (Å²) in [6.45, 7) is 0. The summed E-state index contributed by atoms with van der Waals surface area (Å²) in [6, 6.07) is 3.98. The Morgan fingerprint density at radius 1 is 1.43 bits per heavy atom. The van der Waals surface area contributed by atoms with Crippen molar-refractivity contribution in [2.24, 2.45) is 5.73 Å². The Kier molecular flexibility index (Phi) is 2.37. The Morgan fingerprint density at radius 3 is 2.79 bits per heavy atom. The molecule has 2 unspecified atom stereocenters. The Morgan fingerprint density at radius 2 is 2.21 bits per heavy atom. The fourth-order valence-corrected chi connectivity index (χ4v) is 1.58. The first-order valence-electron chi connectivity index (χ1n) is 4.42. The number of rotatable bonds is 1. The van der Waals surface area contributed by atoms with E-state index in [2.05, 4.69) is 10.9 Å². The quantitative estimate of drug-likeness (QED) is 0.524. The number of hydrogen-bond acceptors (Lipinski definition) is 4. The van der Waals surface area contributed by atoms with Crippen molar-refractivity contribution in [3.05, 3.63) is 29.6 Å². The van der Waals surface area contributed by atoms with Crippen molar-refractivity contribution in [1.82, 2.24) is 10.9 Å². The van der Waals surface area contributed by atoms with E-state index in [1.54, 1.807) is 6.07 Å². The molecule has 0 aliphatic carbocycles.